The maximum absolute atomic E-state index is 5.40. The van der Waals surface area contributed by atoms with E-state index in [2.05, 4.69) is 16.5 Å². The molecule has 0 fully saturated rings. The molecule has 1 nitrogen and oxygen atoms in total. The molecule has 3 rings (SSSR count). The molecule has 0 saturated heterocycles. The fourth-order valence-corrected chi connectivity index (χ4v) is 4.12. The summed E-state index contributed by atoms with van der Waals surface area (Å²) < 4.78 is 4.59. The minimum absolute atomic E-state index is 0.923. The van der Waals surface area contributed by atoms with Gasteiger partial charge >= 0.3 is 0 Å². The second-order valence-corrected chi connectivity index (χ2v) is 9.35. The maximum atomic E-state index is 5.40. The van der Waals surface area contributed by atoms with Crippen LogP contribution >= 0.6 is 0 Å². The topological polar surface area (TPSA) is 12.4 Å². The monoisotopic (exact) mass is 301 g/mol. The Morgan fingerprint density at radius 2 is 1.26 bits per heavy atom. The molecule has 2 aromatic rings. The number of benzene rings is 2. The normalized spacial score (nSPS) is 16.8. The van der Waals surface area contributed by atoms with Gasteiger partial charge in [0.25, 0.3) is 0 Å². The molecule has 0 spiro atoms. The number of allylic oxidation sites excluding steroid dienone is 1. The van der Waals surface area contributed by atoms with Gasteiger partial charge in [-0.25, -0.2) is 4.40 Å². The first-order valence-electron chi connectivity index (χ1n) is 5.84. The Balaban J connectivity index is 2.17. The second-order valence-electron chi connectivity index (χ2n) is 4.22. The van der Waals surface area contributed by atoms with Crippen LogP contribution in [0.1, 0.15) is 11.1 Å². The van der Waals surface area contributed by atoms with Gasteiger partial charge in [0.05, 0.1) is 5.71 Å². The van der Waals surface area contributed by atoms with Crippen LogP contribution in [0.25, 0.3) is 5.57 Å². The second kappa shape index (κ2) is 4.96. The first-order valence-corrected chi connectivity index (χ1v) is 9.34. The van der Waals surface area contributed by atoms with E-state index in [0.29, 0.717) is 0 Å². The van der Waals surface area contributed by atoms with E-state index in [1.807, 2.05) is 53.9 Å². The van der Waals surface area contributed by atoms with Crippen molar-refractivity contribution in [2.24, 2.45) is 4.40 Å². The number of rotatable bonds is 2. The van der Waals surface area contributed by atoms with Crippen molar-refractivity contribution in [3.05, 3.63) is 77.2 Å². The van der Waals surface area contributed by atoms with Gasteiger partial charge in [0.15, 0.2) is 0 Å². The smallest absolute Gasteiger partial charge is 0.0879 e. The maximum Gasteiger partial charge on any atom is 0.0879 e. The molecule has 1 aliphatic rings. The van der Waals surface area contributed by atoms with Crippen molar-refractivity contribution in [1.29, 1.82) is 0 Å². The van der Waals surface area contributed by atoms with Gasteiger partial charge in [-0.05, 0) is 27.9 Å². The van der Waals surface area contributed by atoms with Crippen LogP contribution in [0.4, 0.5) is 0 Å². The van der Waals surface area contributed by atoms with Gasteiger partial charge in [0.1, 0.15) is 0 Å². The lowest BCUT2D eigenvalue weighted by molar-refractivity contribution is 1.61. The summed E-state index contributed by atoms with van der Waals surface area (Å²) in [5.41, 5.74) is 4.18. The first-order chi connectivity index (χ1) is 9.16. The van der Waals surface area contributed by atoms with E-state index in [9.17, 15) is 0 Å². The average Bonchev–Trinajstić information content (AvgIpc) is 2.77. The Kier molecular flexibility index (Phi) is 3.31. The Morgan fingerprint density at radius 3 is 1.84 bits per heavy atom. The van der Waals surface area contributed by atoms with Crippen molar-refractivity contribution in [1.82, 2.24) is 0 Å². The van der Waals surface area contributed by atoms with Gasteiger partial charge in [-0.3, -0.25) is 0 Å². The number of nitrogens with zero attached hydrogens (tertiary/aromatic N) is 1. The SMILES string of the molecule is S=S1(=S)C=C(c2ccccc2)C(c2ccccc2)=N1. The summed E-state index contributed by atoms with van der Waals surface area (Å²) in [6, 6.07) is 20.2. The fraction of sp³-hybridized carbons (Fsp3) is 0. The molecule has 0 unspecified atom stereocenters. The Bertz CT molecular complexity index is 696. The minimum atomic E-state index is -1.85. The van der Waals surface area contributed by atoms with E-state index < -0.39 is 7.33 Å². The van der Waals surface area contributed by atoms with E-state index in [-0.39, 0.29) is 0 Å². The highest BCUT2D eigenvalue weighted by Crippen LogP contribution is 2.28. The van der Waals surface area contributed by atoms with Crippen molar-refractivity contribution in [3.8, 4) is 0 Å². The van der Waals surface area contributed by atoms with Gasteiger partial charge < -0.3 is 0 Å². The van der Waals surface area contributed by atoms with Crippen molar-refractivity contribution in [2.75, 3.05) is 0 Å². The quantitative estimate of drug-likeness (QED) is 0.841. The Morgan fingerprint density at radius 1 is 0.737 bits per heavy atom. The van der Waals surface area contributed by atoms with Gasteiger partial charge in [-0.15, -0.1) is 0 Å². The molecule has 1 heterocycles. The van der Waals surface area contributed by atoms with Crippen molar-refractivity contribution in [3.63, 3.8) is 0 Å². The summed E-state index contributed by atoms with van der Waals surface area (Å²) in [5, 5.41) is 1.97. The fourth-order valence-electron chi connectivity index (χ4n) is 2.03. The third-order valence-corrected chi connectivity index (χ3v) is 4.87. The van der Waals surface area contributed by atoms with Crippen LogP contribution in [-0.4, -0.2) is 5.71 Å². The number of hydrogen-bond donors (Lipinski definition) is 0. The average molecular weight is 301 g/mol. The predicted octanol–water partition coefficient (Wildman–Crippen LogP) is 3.52. The third kappa shape index (κ3) is 2.66. The van der Waals surface area contributed by atoms with E-state index >= 15 is 0 Å². The molecule has 1 aliphatic heterocycles. The molecule has 0 aromatic heterocycles. The van der Waals surface area contributed by atoms with Crippen LogP contribution in [0.3, 0.4) is 0 Å². The van der Waals surface area contributed by atoms with E-state index in [1.165, 1.54) is 0 Å². The van der Waals surface area contributed by atoms with Crippen LogP contribution in [0.5, 0.6) is 0 Å². The summed E-state index contributed by atoms with van der Waals surface area (Å²) in [5.74, 6) is 0. The summed E-state index contributed by atoms with van der Waals surface area (Å²) >= 11 is 10.8. The molecule has 0 amide bonds. The largest absolute Gasteiger partial charge is 0.205 e. The van der Waals surface area contributed by atoms with E-state index in [0.717, 1.165) is 22.4 Å². The lowest BCUT2D eigenvalue weighted by Crippen LogP contribution is -2.01. The van der Waals surface area contributed by atoms with Crippen molar-refractivity contribution >= 4 is 41.0 Å². The summed E-state index contributed by atoms with van der Waals surface area (Å²) in [7, 11) is -1.85. The zero-order valence-electron chi connectivity index (χ0n) is 10.0. The highest BCUT2D eigenvalue weighted by atomic mass is 33.1. The molecule has 0 radical (unpaired) electrons. The summed E-state index contributed by atoms with van der Waals surface area (Å²) in [6.07, 6.45) is 0. The molecule has 4 heteroatoms. The van der Waals surface area contributed by atoms with E-state index in [4.69, 9.17) is 22.4 Å². The van der Waals surface area contributed by atoms with Crippen LogP contribution < -0.4 is 0 Å². The van der Waals surface area contributed by atoms with Crippen LogP contribution in [0.2, 0.25) is 0 Å². The molecule has 0 atom stereocenters. The van der Waals surface area contributed by atoms with Crippen molar-refractivity contribution < 1.29 is 0 Å². The Hall–Kier alpha value is -1.36. The minimum Gasteiger partial charge on any atom is -0.205 e. The highest BCUT2D eigenvalue weighted by molar-refractivity contribution is 8.57. The molecule has 0 saturated carbocycles. The predicted molar refractivity (Wildman–Crippen MR) is 89.5 cm³/mol. The van der Waals surface area contributed by atoms with E-state index in [1.54, 1.807) is 0 Å². The molecular formula is C15H11NS3. The summed E-state index contributed by atoms with van der Waals surface area (Å²) in [6.45, 7) is 0. The molecule has 19 heavy (non-hydrogen) atoms. The van der Waals surface area contributed by atoms with Gasteiger partial charge in [0, 0.05) is 23.9 Å². The van der Waals surface area contributed by atoms with Gasteiger partial charge in [-0.1, -0.05) is 60.7 Å². The first kappa shape index (κ1) is 12.7. The lowest BCUT2D eigenvalue weighted by Gasteiger charge is -2.06. The third-order valence-electron chi connectivity index (χ3n) is 2.87. The Labute approximate surface area is 122 Å². The molecule has 0 N–H and O–H groups in total. The van der Waals surface area contributed by atoms with Crippen LogP contribution in [-0.2, 0) is 29.7 Å². The lowest BCUT2D eigenvalue weighted by atomic mass is 9.98. The van der Waals surface area contributed by atoms with Gasteiger partial charge in [-0.2, -0.15) is 0 Å². The standard InChI is InChI=1S/C15H11NS3/c17-19(18)11-14(12-7-3-1-4-8-12)15(16-19)13-9-5-2-6-10-13/h1-11H. The van der Waals surface area contributed by atoms with Crippen molar-refractivity contribution in [2.45, 2.75) is 0 Å². The van der Waals surface area contributed by atoms with Crippen LogP contribution in [0.15, 0.2) is 70.5 Å². The number of hydrogen-bond acceptors (Lipinski definition) is 2. The molecule has 0 bridgehead atoms. The van der Waals surface area contributed by atoms with Crippen LogP contribution in [0, 0.1) is 0 Å². The zero-order valence-corrected chi connectivity index (χ0v) is 12.5. The zero-order chi connectivity index (χ0) is 13.3. The van der Waals surface area contributed by atoms with Gasteiger partial charge in [0.2, 0.25) is 0 Å². The highest BCUT2D eigenvalue weighted by Gasteiger charge is 2.20. The molecule has 2 aromatic carbocycles. The summed E-state index contributed by atoms with van der Waals surface area (Å²) in [4.78, 5) is 0. The molecule has 0 aliphatic carbocycles. The molecular weight excluding hydrogens is 290 g/mol. The molecule has 94 valence electrons.